The number of hydrogen-bond acceptors (Lipinski definition) is 6. The normalized spacial score (nSPS) is 11.5. The van der Waals surface area contributed by atoms with E-state index >= 15 is 0 Å². The van der Waals surface area contributed by atoms with Crippen LogP contribution in [0.3, 0.4) is 0 Å². The van der Waals surface area contributed by atoms with Gasteiger partial charge in [0.2, 0.25) is 5.91 Å². The van der Waals surface area contributed by atoms with E-state index in [0.29, 0.717) is 21.4 Å². The first kappa shape index (κ1) is 20.0. The number of carbonyl (C=O) groups is 1. The SMILES string of the molecule is CC(=O)N(c1ccc(C)c(C)c1)c1nc(/C=C(\C#N)c2nc3ccccc3s2)cs1. The van der Waals surface area contributed by atoms with Gasteiger partial charge >= 0.3 is 0 Å². The van der Waals surface area contributed by atoms with Crippen LogP contribution in [-0.4, -0.2) is 15.9 Å². The molecule has 2 aromatic carbocycles. The van der Waals surface area contributed by atoms with E-state index in [0.717, 1.165) is 21.5 Å². The van der Waals surface area contributed by atoms with Gasteiger partial charge in [-0.15, -0.1) is 22.7 Å². The van der Waals surface area contributed by atoms with Crippen molar-refractivity contribution in [1.82, 2.24) is 9.97 Å². The van der Waals surface area contributed by atoms with Crippen LogP contribution in [0.2, 0.25) is 0 Å². The summed E-state index contributed by atoms with van der Waals surface area (Å²) in [6.45, 7) is 5.58. The smallest absolute Gasteiger partial charge is 0.230 e. The van der Waals surface area contributed by atoms with Crippen molar-refractivity contribution in [1.29, 1.82) is 5.26 Å². The average Bonchev–Trinajstić information content (AvgIpc) is 3.35. The number of nitriles is 1. The van der Waals surface area contributed by atoms with Crippen LogP contribution in [0.15, 0.2) is 47.8 Å². The Bertz CT molecular complexity index is 1290. The van der Waals surface area contributed by atoms with Gasteiger partial charge in [0.05, 0.1) is 27.2 Å². The molecule has 5 nitrogen and oxygen atoms in total. The van der Waals surface area contributed by atoms with E-state index in [1.807, 2.05) is 61.7 Å². The predicted octanol–water partition coefficient (Wildman–Crippen LogP) is 6.12. The molecule has 0 aliphatic rings. The summed E-state index contributed by atoms with van der Waals surface area (Å²) >= 11 is 2.84. The molecule has 0 saturated heterocycles. The fraction of sp³-hybridized carbons (Fsp3) is 0.130. The summed E-state index contributed by atoms with van der Waals surface area (Å²) in [6, 6.07) is 15.9. The summed E-state index contributed by atoms with van der Waals surface area (Å²) in [7, 11) is 0. The Hall–Kier alpha value is -3.34. The van der Waals surface area contributed by atoms with Gasteiger partial charge in [-0.05, 0) is 55.3 Å². The molecule has 0 atom stereocenters. The number of anilines is 2. The van der Waals surface area contributed by atoms with Crippen LogP contribution in [0.4, 0.5) is 10.8 Å². The van der Waals surface area contributed by atoms with Crippen LogP contribution >= 0.6 is 22.7 Å². The molecule has 7 heteroatoms. The second-order valence-corrected chi connectivity index (χ2v) is 8.70. The molecule has 30 heavy (non-hydrogen) atoms. The highest BCUT2D eigenvalue weighted by Crippen LogP contribution is 2.32. The van der Waals surface area contributed by atoms with Crippen LogP contribution in [0, 0.1) is 25.2 Å². The monoisotopic (exact) mass is 430 g/mol. The van der Waals surface area contributed by atoms with Crippen LogP contribution in [0.5, 0.6) is 0 Å². The summed E-state index contributed by atoms with van der Waals surface area (Å²) < 4.78 is 1.03. The largest absolute Gasteiger partial charge is 0.274 e. The number of rotatable bonds is 4. The molecule has 0 spiro atoms. The summed E-state index contributed by atoms with van der Waals surface area (Å²) in [4.78, 5) is 23.1. The number of para-hydroxylation sites is 1. The summed E-state index contributed by atoms with van der Waals surface area (Å²) in [5.41, 5.74) is 5.00. The van der Waals surface area contributed by atoms with E-state index in [1.165, 1.54) is 35.2 Å². The van der Waals surface area contributed by atoms with Gasteiger partial charge in [0.1, 0.15) is 11.1 Å². The fourth-order valence-corrected chi connectivity index (χ4v) is 4.79. The van der Waals surface area contributed by atoms with Crippen molar-refractivity contribution in [3.63, 3.8) is 0 Å². The highest BCUT2D eigenvalue weighted by atomic mass is 32.1. The van der Waals surface area contributed by atoms with Crippen molar-refractivity contribution >= 4 is 61.3 Å². The Kier molecular flexibility index (Phi) is 5.44. The number of nitrogens with zero attached hydrogens (tertiary/aromatic N) is 4. The standard InChI is InChI=1S/C23H18N4OS2/c1-14-8-9-19(10-15(14)2)27(16(3)28)23-25-18(13-29-23)11-17(12-24)22-26-20-6-4-5-7-21(20)30-22/h4-11,13H,1-3H3/b17-11+. The third-order valence-corrected chi connectivity index (χ3v) is 6.62. The van der Waals surface area contributed by atoms with E-state index in [2.05, 4.69) is 16.0 Å². The Morgan fingerprint density at radius 1 is 1.13 bits per heavy atom. The Morgan fingerprint density at radius 3 is 2.63 bits per heavy atom. The lowest BCUT2D eigenvalue weighted by Gasteiger charge is -2.19. The zero-order valence-corrected chi connectivity index (χ0v) is 18.3. The molecule has 0 saturated carbocycles. The zero-order valence-electron chi connectivity index (χ0n) is 16.7. The maximum absolute atomic E-state index is 12.4. The number of aryl methyl sites for hydroxylation is 2. The minimum Gasteiger partial charge on any atom is -0.274 e. The number of aromatic nitrogens is 2. The van der Waals surface area contributed by atoms with E-state index in [-0.39, 0.29) is 5.91 Å². The van der Waals surface area contributed by atoms with Crippen molar-refractivity contribution in [2.24, 2.45) is 0 Å². The number of carbonyl (C=O) groups excluding carboxylic acids is 1. The summed E-state index contributed by atoms with van der Waals surface area (Å²) in [5, 5.41) is 12.7. The Labute approximate surface area is 182 Å². The van der Waals surface area contributed by atoms with E-state index in [9.17, 15) is 10.1 Å². The number of allylic oxidation sites excluding steroid dienone is 1. The number of thiazole rings is 2. The number of hydrogen-bond donors (Lipinski definition) is 0. The van der Waals surface area contributed by atoms with Gasteiger partial charge in [-0.25, -0.2) is 9.97 Å². The lowest BCUT2D eigenvalue weighted by atomic mass is 10.1. The third kappa shape index (κ3) is 3.88. The first-order valence-electron chi connectivity index (χ1n) is 9.27. The minimum absolute atomic E-state index is 0.116. The van der Waals surface area contributed by atoms with Crippen LogP contribution in [0.25, 0.3) is 21.9 Å². The molecule has 2 heterocycles. The van der Waals surface area contributed by atoms with Crippen LogP contribution < -0.4 is 4.90 Å². The Morgan fingerprint density at radius 2 is 1.93 bits per heavy atom. The second kappa shape index (κ2) is 8.19. The number of benzene rings is 2. The maximum Gasteiger partial charge on any atom is 0.230 e. The van der Waals surface area contributed by atoms with Crippen molar-refractivity contribution in [2.75, 3.05) is 4.90 Å². The Balaban J connectivity index is 1.70. The first-order valence-corrected chi connectivity index (χ1v) is 11.0. The van der Waals surface area contributed by atoms with E-state index in [4.69, 9.17) is 0 Å². The summed E-state index contributed by atoms with van der Waals surface area (Å²) in [6.07, 6.45) is 1.72. The molecule has 0 aliphatic heterocycles. The predicted molar refractivity (Wildman–Crippen MR) is 124 cm³/mol. The zero-order chi connectivity index (χ0) is 21.3. The molecule has 0 bridgehead atoms. The molecule has 0 aliphatic carbocycles. The topological polar surface area (TPSA) is 69.9 Å². The van der Waals surface area contributed by atoms with Crippen molar-refractivity contribution in [2.45, 2.75) is 20.8 Å². The molecule has 4 rings (SSSR count). The van der Waals surface area contributed by atoms with Gasteiger partial charge in [-0.2, -0.15) is 5.26 Å². The second-order valence-electron chi connectivity index (χ2n) is 6.83. The van der Waals surface area contributed by atoms with Crippen molar-refractivity contribution in [3.05, 3.63) is 69.7 Å². The van der Waals surface area contributed by atoms with Gasteiger partial charge < -0.3 is 0 Å². The van der Waals surface area contributed by atoms with Gasteiger partial charge in [-0.1, -0.05) is 18.2 Å². The lowest BCUT2D eigenvalue weighted by Crippen LogP contribution is -2.22. The molecular weight excluding hydrogens is 412 g/mol. The van der Waals surface area contributed by atoms with Crippen molar-refractivity contribution in [3.8, 4) is 6.07 Å². The molecule has 4 aromatic rings. The lowest BCUT2D eigenvalue weighted by molar-refractivity contribution is -0.115. The van der Waals surface area contributed by atoms with Gasteiger partial charge in [0, 0.05) is 12.3 Å². The average molecular weight is 431 g/mol. The molecule has 0 radical (unpaired) electrons. The molecule has 0 unspecified atom stereocenters. The molecule has 1 amide bonds. The fourth-order valence-electron chi connectivity index (χ4n) is 3.01. The quantitative estimate of drug-likeness (QED) is 0.366. The van der Waals surface area contributed by atoms with Crippen LogP contribution in [-0.2, 0) is 4.79 Å². The molecule has 0 fully saturated rings. The molecule has 2 aromatic heterocycles. The third-order valence-electron chi connectivity index (χ3n) is 4.70. The van der Waals surface area contributed by atoms with Crippen molar-refractivity contribution < 1.29 is 4.79 Å². The van der Waals surface area contributed by atoms with Gasteiger partial charge in [0.25, 0.3) is 0 Å². The molecule has 0 N–H and O–H groups in total. The van der Waals surface area contributed by atoms with Crippen LogP contribution in [0.1, 0.15) is 28.8 Å². The minimum atomic E-state index is -0.116. The highest BCUT2D eigenvalue weighted by molar-refractivity contribution is 7.19. The summed E-state index contributed by atoms with van der Waals surface area (Å²) in [5.74, 6) is -0.116. The number of fused-ring (bicyclic) bond motifs is 1. The first-order chi connectivity index (χ1) is 14.5. The highest BCUT2D eigenvalue weighted by Gasteiger charge is 2.18. The molecule has 148 valence electrons. The molecular formula is C23H18N4OS2. The van der Waals surface area contributed by atoms with E-state index < -0.39 is 0 Å². The maximum atomic E-state index is 12.4. The van der Waals surface area contributed by atoms with Gasteiger partial charge in [0.15, 0.2) is 5.13 Å². The van der Waals surface area contributed by atoms with Gasteiger partial charge in [-0.3, -0.25) is 9.69 Å². The van der Waals surface area contributed by atoms with E-state index in [1.54, 1.807) is 11.0 Å². The number of amides is 1.